The summed E-state index contributed by atoms with van der Waals surface area (Å²) in [5, 5.41) is 2.20. The van der Waals surface area contributed by atoms with Crippen molar-refractivity contribution >= 4 is 17.7 Å². The zero-order chi connectivity index (χ0) is 15.6. The van der Waals surface area contributed by atoms with E-state index in [9.17, 15) is 18.8 Å². The number of hydrazine groups is 1. The standard InChI is InChI=1S/C13H15FN4O3/c1-7-12(20)16-11(19)6-18(7)5-9-4-8(13(21)17-15)2-3-10(9)14/h2-4,7H,5-6,15H2,1H3,(H,17,21)(H,16,19,20). The van der Waals surface area contributed by atoms with Gasteiger partial charge in [0.05, 0.1) is 12.6 Å². The van der Waals surface area contributed by atoms with E-state index in [1.807, 2.05) is 5.43 Å². The molecule has 4 N–H and O–H groups in total. The molecule has 7 nitrogen and oxygen atoms in total. The van der Waals surface area contributed by atoms with Crippen molar-refractivity contribution in [2.75, 3.05) is 6.54 Å². The van der Waals surface area contributed by atoms with Gasteiger partial charge in [0.15, 0.2) is 0 Å². The molecule has 1 saturated heterocycles. The van der Waals surface area contributed by atoms with Crippen molar-refractivity contribution < 1.29 is 18.8 Å². The van der Waals surface area contributed by atoms with E-state index in [1.165, 1.54) is 17.0 Å². The van der Waals surface area contributed by atoms with E-state index in [1.54, 1.807) is 6.92 Å². The van der Waals surface area contributed by atoms with Gasteiger partial charge in [-0.2, -0.15) is 0 Å². The van der Waals surface area contributed by atoms with Crippen molar-refractivity contribution in [2.45, 2.75) is 19.5 Å². The van der Waals surface area contributed by atoms with Gasteiger partial charge >= 0.3 is 0 Å². The third-order valence-electron chi connectivity index (χ3n) is 3.35. The molecule has 21 heavy (non-hydrogen) atoms. The first-order valence-electron chi connectivity index (χ1n) is 6.29. The summed E-state index contributed by atoms with van der Waals surface area (Å²) < 4.78 is 13.8. The van der Waals surface area contributed by atoms with Gasteiger partial charge in [-0.05, 0) is 25.1 Å². The highest BCUT2D eigenvalue weighted by atomic mass is 19.1. The maximum absolute atomic E-state index is 13.8. The highest BCUT2D eigenvalue weighted by Crippen LogP contribution is 2.16. The van der Waals surface area contributed by atoms with Crippen LogP contribution >= 0.6 is 0 Å². The molecule has 0 aliphatic carbocycles. The third kappa shape index (κ3) is 3.23. The Bertz CT molecular complexity index is 605. The van der Waals surface area contributed by atoms with Crippen LogP contribution < -0.4 is 16.6 Å². The van der Waals surface area contributed by atoms with Gasteiger partial charge in [0, 0.05) is 17.7 Å². The molecular formula is C13H15FN4O3. The summed E-state index contributed by atoms with van der Waals surface area (Å²) in [6.45, 7) is 1.65. The maximum Gasteiger partial charge on any atom is 0.265 e. The van der Waals surface area contributed by atoms with Crippen LogP contribution in [-0.4, -0.2) is 35.2 Å². The smallest absolute Gasteiger partial charge is 0.265 e. The quantitative estimate of drug-likeness (QED) is 0.295. The summed E-state index contributed by atoms with van der Waals surface area (Å²) in [4.78, 5) is 35.9. The normalized spacial score (nSPS) is 19.3. The molecule has 1 aliphatic rings. The fourth-order valence-electron chi connectivity index (χ4n) is 2.10. The minimum absolute atomic E-state index is 0.0142. The number of hydrogen-bond donors (Lipinski definition) is 3. The largest absolute Gasteiger partial charge is 0.294 e. The molecule has 112 valence electrons. The summed E-state index contributed by atoms with van der Waals surface area (Å²) in [5.74, 6) is 3.11. The molecule has 1 fully saturated rings. The van der Waals surface area contributed by atoms with E-state index in [0.717, 1.165) is 6.07 Å². The molecule has 0 spiro atoms. The molecule has 8 heteroatoms. The van der Waals surface area contributed by atoms with Crippen LogP contribution in [0.3, 0.4) is 0 Å². The highest BCUT2D eigenvalue weighted by molar-refractivity contribution is 6.00. The fraction of sp³-hybridized carbons (Fsp3) is 0.308. The molecule has 0 bridgehead atoms. The molecular weight excluding hydrogens is 279 g/mol. The highest BCUT2D eigenvalue weighted by Gasteiger charge is 2.30. The first kappa shape index (κ1) is 15.1. The van der Waals surface area contributed by atoms with E-state index < -0.39 is 29.6 Å². The van der Waals surface area contributed by atoms with Gasteiger partial charge in [-0.3, -0.25) is 30.0 Å². The summed E-state index contributed by atoms with van der Waals surface area (Å²) in [5.41, 5.74) is 2.38. The average Bonchev–Trinajstić information content (AvgIpc) is 2.45. The van der Waals surface area contributed by atoms with Crippen molar-refractivity contribution in [3.05, 3.63) is 35.1 Å². The maximum atomic E-state index is 13.8. The van der Waals surface area contributed by atoms with Crippen LogP contribution in [0, 0.1) is 5.82 Å². The molecule has 2 rings (SSSR count). The number of amides is 3. The lowest BCUT2D eigenvalue weighted by molar-refractivity contribution is -0.139. The molecule has 1 aliphatic heterocycles. The van der Waals surface area contributed by atoms with Crippen LogP contribution in [0.5, 0.6) is 0 Å². The van der Waals surface area contributed by atoms with Gasteiger partial charge in [-0.25, -0.2) is 10.2 Å². The minimum atomic E-state index is -0.561. The van der Waals surface area contributed by atoms with Gasteiger partial charge in [0.1, 0.15) is 5.82 Å². The number of nitrogens with one attached hydrogen (secondary N) is 2. The van der Waals surface area contributed by atoms with Gasteiger partial charge < -0.3 is 0 Å². The van der Waals surface area contributed by atoms with E-state index in [4.69, 9.17) is 5.84 Å². The zero-order valence-electron chi connectivity index (χ0n) is 11.4. The number of carbonyl (C=O) groups is 3. The number of rotatable bonds is 3. The lowest BCUT2D eigenvalue weighted by Crippen LogP contribution is -2.56. The summed E-state index contributed by atoms with van der Waals surface area (Å²) in [6.07, 6.45) is 0. The van der Waals surface area contributed by atoms with E-state index in [-0.39, 0.29) is 24.2 Å². The molecule has 1 unspecified atom stereocenters. The number of imide groups is 1. The predicted molar refractivity (Wildman–Crippen MR) is 71.1 cm³/mol. The van der Waals surface area contributed by atoms with Crippen LogP contribution in [0.2, 0.25) is 0 Å². The lowest BCUT2D eigenvalue weighted by atomic mass is 10.1. The fourth-order valence-corrected chi connectivity index (χ4v) is 2.10. The Labute approximate surface area is 120 Å². The lowest BCUT2D eigenvalue weighted by Gasteiger charge is -2.31. The number of benzene rings is 1. The van der Waals surface area contributed by atoms with Gasteiger partial charge in [-0.1, -0.05) is 0 Å². The topological polar surface area (TPSA) is 105 Å². The van der Waals surface area contributed by atoms with Crippen LogP contribution in [0.15, 0.2) is 18.2 Å². The SMILES string of the molecule is CC1C(=O)NC(=O)CN1Cc1cc(C(=O)NN)ccc1F. The second-order valence-corrected chi connectivity index (χ2v) is 4.77. The molecule has 1 aromatic rings. The number of halogens is 1. The molecule has 1 aromatic carbocycles. The number of nitrogens with zero attached hydrogens (tertiary/aromatic N) is 1. The number of carbonyl (C=O) groups excluding carboxylic acids is 3. The number of piperazine rings is 1. The Morgan fingerprint density at radius 1 is 1.52 bits per heavy atom. The Morgan fingerprint density at radius 3 is 2.90 bits per heavy atom. The molecule has 1 atom stereocenters. The molecule has 1 heterocycles. The second kappa shape index (κ2) is 5.98. The number of nitrogens with two attached hydrogens (primary N) is 1. The van der Waals surface area contributed by atoms with Crippen molar-refractivity contribution in [3.63, 3.8) is 0 Å². The van der Waals surface area contributed by atoms with Crippen LogP contribution in [0.4, 0.5) is 4.39 Å². The van der Waals surface area contributed by atoms with Crippen molar-refractivity contribution in [1.82, 2.24) is 15.6 Å². The molecule has 0 aromatic heterocycles. The minimum Gasteiger partial charge on any atom is -0.294 e. The molecule has 0 saturated carbocycles. The van der Waals surface area contributed by atoms with Crippen LogP contribution in [0.1, 0.15) is 22.8 Å². The van der Waals surface area contributed by atoms with Gasteiger partial charge in [0.2, 0.25) is 11.8 Å². The van der Waals surface area contributed by atoms with Crippen LogP contribution in [0.25, 0.3) is 0 Å². The Hall–Kier alpha value is -2.32. The second-order valence-electron chi connectivity index (χ2n) is 4.77. The number of hydrogen-bond acceptors (Lipinski definition) is 5. The first-order chi connectivity index (χ1) is 9.92. The first-order valence-corrected chi connectivity index (χ1v) is 6.29. The van der Waals surface area contributed by atoms with Crippen LogP contribution in [-0.2, 0) is 16.1 Å². The van der Waals surface area contributed by atoms with Crippen molar-refractivity contribution in [1.29, 1.82) is 0 Å². The summed E-state index contributed by atoms with van der Waals surface area (Å²) >= 11 is 0. The Kier molecular flexibility index (Phi) is 4.29. The molecule has 3 amide bonds. The van der Waals surface area contributed by atoms with E-state index >= 15 is 0 Å². The zero-order valence-corrected chi connectivity index (χ0v) is 11.4. The van der Waals surface area contributed by atoms with E-state index in [2.05, 4.69) is 5.32 Å². The van der Waals surface area contributed by atoms with Crippen molar-refractivity contribution in [2.24, 2.45) is 5.84 Å². The average molecular weight is 294 g/mol. The van der Waals surface area contributed by atoms with Gasteiger partial charge in [-0.15, -0.1) is 0 Å². The predicted octanol–water partition coefficient (Wildman–Crippen LogP) is -0.724. The Balaban J connectivity index is 2.24. The van der Waals surface area contributed by atoms with E-state index in [0.29, 0.717) is 0 Å². The van der Waals surface area contributed by atoms with Gasteiger partial charge in [0.25, 0.3) is 5.91 Å². The summed E-state index contributed by atoms with van der Waals surface area (Å²) in [7, 11) is 0. The molecule has 0 radical (unpaired) electrons. The third-order valence-corrected chi connectivity index (χ3v) is 3.35. The number of nitrogen functional groups attached to an aromatic ring is 1. The monoisotopic (exact) mass is 294 g/mol. The summed E-state index contributed by atoms with van der Waals surface area (Å²) in [6, 6.07) is 3.24. The van der Waals surface area contributed by atoms with Crippen molar-refractivity contribution in [3.8, 4) is 0 Å². The Morgan fingerprint density at radius 2 is 2.24 bits per heavy atom.